The van der Waals surface area contributed by atoms with Crippen LogP contribution in [0.5, 0.6) is 0 Å². The first-order valence-electron chi connectivity index (χ1n) is 5.86. The van der Waals surface area contributed by atoms with Gasteiger partial charge in [-0.1, -0.05) is 12.2 Å². The second-order valence-corrected chi connectivity index (χ2v) is 4.28. The minimum Gasteiger partial charge on any atom is -0.309 e. The van der Waals surface area contributed by atoms with Crippen molar-refractivity contribution in [2.75, 3.05) is 0 Å². The Morgan fingerprint density at radius 1 is 1.41 bits per heavy atom. The fourth-order valence-corrected chi connectivity index (χ4v) is 2.01. The summed E-state index contributed by atoms with van der Waals surface area (Å²) < 4.78 is 13.5. The van der Waals surface area contributed by atoms with E-state index in [9.17, 15) is 4.39 Å². The van der Waals surface area contributed by atoms with Crippen LogP contribution in [-0.2, 0) is 6.54 Å². The van der Waals surface area contributed by atoms with Gasteiger partial charge >= 0.3 is 0 Å². The summed E-state index contributed by atoms with van der Waals surface area (Å²) in [5.41, 5.74) is 1.07. The van der Waals surface area contributed by atoms with E-state index in [2.05, 4.69) is 17.5 Å². The number of nitrogens with zero attached hydrogens (tertiary/aromatic N) is 1. The molecule has 2 nitrogen and oxygen atoms in total. The lowest BCUT2D eigenvalue weighted by molar-refractivity contribution is 0.466. The number of hydrogen-bond acceptors (Lipinski definition) is 2. The van der Waals surface area contributed by atoms with E-state index in [1.165, 1.54) is 12.1 Å². The van der Waals surface area contributed by atoms with Crippen LogP contribution in [0.15, 0.2) is 30.4 Å². The van der Waals surface area contributed by atoms with Crippen LogP contribution in [0.25, 0.3) is 0 Å². The van der Waals surface area contributed by atoms with E-state index < -0.39 is 0 Å². The number of rotatable bonds is 3. The largest absolute Gasteiger partial charge is 0.309 e. The van der Waals surface area contributed by atoms with Crippen LogP contribution < -0.4 is 5.32 Å². The molecule has 0 saturated heterocycles. The van der Waals surface area contributed by atoms with Gasteiger partial charge < -0.3 is 5.32 Å². The Hall–Kier alpha value is -1.66. The summed E-state index contributed by atoms with van der Waals surface area (Å²) in [6, 6.07) is 6.92. The lowest BCUT2D eigenvalue weighted by Gasteiger charge is -2.19. The number of benzene rings is 1. The van der Waals surface area contributed by atoms with Gasteiger partial charge in [0.05, 0.1) is 11.6 Å². The second-order valence-electron chi connectivity index (χ2n) is 4.28. The standard InChI is InChI=1S/C14H15FN2/c15-14-7-6-11(9-16)8-12(14)10-17-13-4-2-1-3-5-13/h1-2,6-8,13,17H,3-5,10H2. The molecule has 0 aliphatic heterocycles. The van der Waals surface area contributed by atoms with E-state index >= 15 is 0 Å². The molecule has 17 heavy (non-hydrogen) atoms. The molecule has 0 aromatic heterocycles. The molecule has 1 unspecified atom stereocenters. The zero-order chi connectivity index (χ0) is 12.1. The Morgan fingerprint density at radius 2 is 2.29 bits per heavy atom. The Balaban J connectivity index is 1.98. The maximum atomic E-state index is 13.5. The molecule has 0 bridgehead atoms. The first kappa shape index (κ1) is 11.8. The Labute approximate surface area is 101 Å². The molecule has 1 aromatic rings. The Bertz CT molecular complexity index is 460. The first-order chi connectivity index (χ1) is 8.29. The van der Waals surface area contributed by atoms with Gasteiger partial charge in [0, 0.05) is 18.2 Å². The molecule has 0 spiro atoms. The molecule has 3 heteroatoms. The zero-order valence-electron chi connectivity index (χ0n) is 9.62. The van der Waals surface area contributed by atoms with Gasteiger partial charge in [0.15, 0.2) is 0 Å². The molecule has 0 amide bonds. The molecule has 0 saturated carbocycles. The van der Waals surface area contributed by atoms with Crippen LogP contribution in [-0.4, -0.2) is 6.04 Å². The highest BCUT2D eigenvalue weighted by atomic mass is 19.1. The van der Waals surface area contributed by atoms with Gasteiger partial charge in [-0.25, -0.2) is 4.39 Å². The van der Waals surface area contributed by atoms with Crippen molar-refractivity contribution in [2.45, 2.75) is 31.8 Å². The number of hydrogen-bond donors (Lipinski definition) is 1. The van der Waals surface area contributed by atoms with Gasteiger partial charge in [-0.2, -0.15) is 5.26 Å². The van der Waals surface area contributed by atoms with E-state index in [0.717, 1.165) is 19.3 Å². The van der Waals surface area contributed by atoms with Crippen molar-refractivity contribution in [1.82, 2.24) is 5.32 Å². The summed E-state index contributed by atoms with van der Waals surface area (Å²) in [6.07, 6.45) is 7.51. The molecule has 2 rings (SSSR count). The summed E-state index contributed by atoms with van der Waals surface area (Å²) >= 11 is 0. The van der Waals surface area contributed by atoms with Gasteiger partial charge in [-0.05, 0) is 37.5 Å². The Kier molecular flexibility index (Phi) is 3.89. The number of allylic oxidation sites excluding steroid dienone is 1. The van der Waals surface area contributed by atoms with Crippen LogP contribution in [0.1, 0.15) is 30.4 Å². The zero-order valence-corrected chi connectivity index (χ0v) is 9.62. The molecule has 0 radical (unpaired) electrons. The lowest BCUT2D eigenvalue weighted by Crippen LogP contribution is -2.29. The van der Waals surface area contributed by atoms with Crippen LogP contribution in [0.2, 0.25) is 0 Å². The Morgan fingerprint density at radius 3 is 3.00 bits per heavy atom. The van der Waals surface area contributed by atoms with E-state index in [4.69, 9.17) is 5.26 Å². The average molecular weight is 230 g/mol. The van der Waals surface area contributed by atoms with E-state index in [0.29, 0.717) is 23.7 Å². The van der Waals surface area contributed by atoms with Crippen LogP contribution in [0.4, 0.5) is 4.39 Å². The number of nitriles is 1. The van der Waals surface area contributed by atoms with Gasteiger partial charge in [0.1, 0.15) is 5.82 Å². The molecule has 1 aromatic carbocycles. The normalized spacial score (nSPS) is 18.9. The maximum absolute atomic E-state index is 13.5. The third-order valence-corrected chi connectivity index (χ3v) is 3.03. The number of nitrogens with one attached hydrogen (secondary N) is 1. The van der Waals surface area contributed by atoms with Crippen molar-refractivity contribution >= 4 is 0 Å². The topological polar surface area (TPSA) is 35.8 Å². The molecule has 0 heterocycles. The summed E-state index contributed by atoms with van der Waals surface area (Å²) in [7, 11) is 0. The highest BCUT2D eigenvalue weighted by Crippen LogP contribution is 2.14. The van der Waals surface area contributed by atoms with E-state index in [1.54, 1.807) is 6.07 Å². The minimum absolute atomic E-state index is 0.247. The van der Waals surface area contributed by atoms with Crippen molar-refractivity contribution in [1.29, 1.82) is 5.26 Å². The van der Waals surface area contributed by atoms with Gasteiger partial charge in [-0.3, -0.25) is 0 Å². The monoisotopic (exact) mass is 230 g/mol. The molecule has 1 N–H and O–H groups in total. The smallest absolute Gasteiger partial charge is 0.127 e. The molecular weight excluding hydrogens is 215 g/mol. The lowest BCUT2D eigenvalue weighted by atomic mass is 10.0. The van der Waals surface area contributed by atoms with Crippen molar-refractivity contribution in [3.05, 3.63) is 47.3 Å². The third kappa shape index (κ3) is 3.15. The minimum atomic E-state index is -0.247. The molecule has 1 aliphatic carbocycles. The molecule has 0 fully saturated rings. The first-order valence-corrected chi connectivity index (χ1v) is 5.86. The van der Waals surface area contributed by atoms with Crippen LogP contribution >= 0.6 is 0 Å². The van der Waals surface area contributed by atoms with Crippen molar-refractivity contribution in [2.24, 2.45) is 0 Å². The molecule has 1 atom stereocenters. The maximum Gasteiger partial charge on any atom is 0.127 e. The highest BCUT2D eigenvalue weighted by molar-refractivity contribution is 5.33. The van der Waals surface area contributed by atoms with Crippen molar-refractivity contribution < 1.29 is 4.39 Å². The summed E-state index contributed by atoms with van der Waals surface area (Å²) in [4.78, 5) is 0. The van der Waals surface area contributed by atoms with E-state index in [-0.39, 0.29) is 5.82 Å². The summed E-state index contributed by atoms with van der Waals surface area (Å²) in [5.74, 6) is -0.247. The molecular formula is C14H15FN2. The molecule has 88 valence electrons. The fourth-order valence-electron chi connectivity index (χ4n) is 2.01. The predicted molar refractivity (Wildman–Crippen MR) is 64.7 cm³/mol. The van der Waals surface area contributed by atoms with Crippen LogP contribution in [0, 0.1) is 17.1 Å². The van der Waals surface area contributed by atoms with E-state index in [1.807, 2.05) is 6.07 Å². The highest BCUT2D eigenvalue weighted by Gasteiger charge is 2.10. The summed E-state index contributed by atoms with van der Waals surface area (Å²) in [6.45, 7) is 0.486. The molecule has 1 aliphatic rings. The average Bonchev–Trinajstić information content (AvgIpc) is 2.39. The quantitative estimate of drug-likeness (QED) is 0.810. The summed E-state index contributed by atoms with van der Waals surface area (Å²) in [5, 5.41) is 12.1. The van der Waals surface area contributed by atoms with Gasteiger partial charge in [0.2, 0.25) is 0 Å². The van der Waals surface area contributed by atoms with Crippen molar-refractivity contribution in [3.8, 4) is 6.07 Å². The predicted octanol–water partition coefficient (Wildman–Crippen LogP) is 2.90. The SMILES string of the molecule is N#Cc1ccc(F)c(CNC2CC=CCC2)c1. The van der Waals surface area contributed by atoms with Gasteiger partial charge in [0.25, 0.3) is 0 Å². The number of halogens is 1. The third-order valence-electron chi connectivity index (χ3n) is 3.03. The van der Waals surface area contributed by atoms with Crippen molar-refractivity contribution in [3.63, 3.8) is 0 Å². The van der Waals surface area contributed by atoms with Gasteiger partial charge in [-0.15, -0.1) is 0 Å². The fraction of sp³-hybridized carbons (Fsp3) is 0.357. The second kappa shape index (κ2) is 5.60. The van der Waals surface area contributed by atoms with Crippen LogP contribution in [0.3, 0.4) is 0 Å².